The first kappa shape index (κ1) is 11.2. The first-order chi connectivity index (χ1) is 8.22. The number of nitrogen functional groups attached to an aromatic ring is 1. The molecule has 0 aliphatic carbocycles. The molecule has 3 N–H and O–H groups in total. The van der Waals surface area contributed by atoms with Crippen LogP contribution in [0.3, 0.4) is 0 Å². The topological polar surface area (TPSA) is 67.1 Å². The van der Waals surface area contributed by atoms with Crippen LogP contribution >= 0.6 is 11.5 Å². The molecule has 6 heteroatoms. The minimum absolute atomic E-state index is 0.376. The fraction of sp³-hybridized carbons (Fsp3) is 0.818. The van der Waals surface area contributed by atoms with Crippen LogP contribution in [0.5, 0.6) is 0 Å². The van der Waals surface area contributed by atoms with Crippen LogP contribution in [-0.2, 0) is 0 Å². The number of nitrogens with one attached hydrogen (secondary N) is 1. The molecule has 2 saturated heterocycles. The van der Waals surface area contributed by atoms with Gasteiger partial charge in [0, 0.05) is 30.2 Å². The molecule has 3 heterocycles. The summed E-state index contributed by atoms with van der Waals surface area (Å²) >= 11 is 1.35. The second kappa shape index (κ2) is 4.42. The predicted octanol–water partition coefficient (Wildman–Crippen LogP) is 1.40. The van der Waals surface area contributed by atoms with Crippen LogP contribution in [0.4, 0.5) is 11.1 Å². The van der Waals surface area contributed by atoms with Crippen molar-refractivity contribution in [2.75, 3.05) is 24.6 Å². The lowest BCUT2D eigenvalue weighted by atomic mass is 9.91. The quantitative estimate of drug-likeness (QED) is 0.852. The van der Waals surface area contributed by atoms with Crippen LogP contribution in [0, 0.1) is 5.92 Å². The van der Waals surface area contributed by atoms with Crippen molar-refractivity contribution >= 4 is 22.6 Å². The highest BCUT2D eigenvalue weighted by atomic mass is 32.1. The van der Waals surface area contributed by atoms with Crippen LogP contribution in [0.15, 0.2) is 0 Å². The van der Waals surface area contributed by atoms with Gasteiger partial charge >= 0.3 is 0 Å². The number of nitrogens with two attached hydrogens (primary N) is 1. The third-order valence-electron chi connectivity index (χ3n) is 4.18. The van der Waals surface area contributed by atoms with E-state index in [1.54, 1.807) is 0 Å². The molecule has 1 aromatic heterocycles. The lowest BCUT2D eigenvalue weighted by molar-refractivity contribution is 0.139. The molecule has 2 aliphatic rings. The Morgan fingerprint density at radius 1 is 1.41 bits per heavy atom. The largest absolute Gasteiger partial charge is 0.367 e. The van der Waals surface area contributed by atoms with Gasteiger partial charge in [0.25, 0.3) is 0 Å². The van der Waals surface area contributed by atoms with Crippen molar-refractivity contribution in [3.63, 3.8) is 0 Å². The van der Waals surface area contributed by atoms with E-state index in [4.69, 9.17) is 5.73 Å². The summed E-state index contributed by atoms with van der Waals surface area (Å²) in [5, 5.41) is 4.22. The average Bonchev–Trinajstić information content (AvgIpc) is 2.78. The van der Waals surface area contributed by atoms with Crippen molar-refractivity contribution in [3.05, 3.63) is 0 Å². The van der Waals surface area contributed by atoms with E-state index < -0.39 is 0 Å². The maximum atomic E-state index is 5.50. The summed E-state index contributed by atoms with van der Waals surface area (Å²) in [5.74, 6) is 1.15. The van der Waals surface area contributed by atoms with Crippen LogP contribution in [-0.4, -0.2) is 39.9 Å². The van der Waals surface area contributed by atoms with Gasteiger partial charge in [-0.05, 0) is 38.6 Å². The van der Waals surface area contributed by atoms with Gasteiger partial charge in [-0.2, -0.15) is 9.36 Å². The molecule has 2 bridgehead atoms. The summed E-state index contributed by atoms with van der Waals surface area (Å²) in [5.41, 5.74) is 5.50. The lowest BCUT2D eigenvalue weighted by Gasteiger charge is -2.36. The summed E-state index contributed by atoms with van der Waals surface area (Å²) in [6, 6.07) is 1.61. The standard InChI is InChI=1S/C11H19N5S/c1-16-8-2-3-9(16)5-7(4-8)6-13-11-14-10(12)15-17-11/h7-9H,2-6H2,1H3,(H3,12,13,14,15). The number of piperidine rings is 1. The van der Waals surface area contributed by atoms with Crippen LogP contribution in [0.25, 0.3) is 0 Å². The molecule has 94 valence electrons. The molecule has 0 spiro atoms. The summed E-state index contributed by atoms with van der Waals surface area (Å²) in [6.07, 6.45) is 5.38. The third kappa shape index (κ3) is 2.24. The van der Waals surface area contributed by atoms with E-state index in [0.717, 1.165) is 29.7 Å². The van der Waals surface area contributed by atoms with Crippen molar-refractivity contribution in [2.24, 2.45) is 5.92 Å². The monoisotopic (exact) mass is 253 g/mol. The zero-order valence-electron chi connectivity index (χ0n) is 10.1. The van der Waals surface area contributed by atoms with Crippen LogP contribution in [0.1, 0.15) is 25.7 Å². The molecule has 2 fully saturated rings. The molecule has 1 aromatic rings. The van der Waals surface area contributed by atoms with Gasteiger partial charge in [-0.1, -0.05) is 0 Å². The van der Waals surface area contributed by atoms with Crippen molar-refractivity contribution in [2.45, 2.75) is 37.8 Å². The van der Waals surface area contributed by atoms with Crippen LogP contribution in [0.2, 0.25) is 0 Å². The highest BCUT2D eigenvalue weighted by Crippen LogP contribution is 2.37. The first-order valence-corrected chi connectivity index (χ1v) is 7.04. The minimum atomic E-state index is 0.376. The second-order valence-corrected chi connectivity index (χ2v) is 5.98. The van der Waals surface area contributed by atoms with Gasteiger partial charge < -0.3 is 16.0 Å². The van der Waals surface area contributed by atoms with Gasteiger partial charge in [0.2, 0.25) is 11.1 Å². The molecule has 2 atom stereocenters. The Balaban J connectivity index is 1.54. The number of hydrogen-bond acceptors (Lipinski definition) is 6. The maximum absolute atomic E-state index is 5.50. The molecule has 2 unspecified atom stereocenters. The Labute approximate surface area is 106 Å². The van der Waals surface area contributed by atoms with E-state index in [-0.39, 0.29) is 0 Å². The molecular formula is C11H19N5S. The van der Waals surface area contributed by atoms with Crippen molar-refractivity contribution in [1.82, 2.24) is 14.3 Å². The number of nitrogens with zero attached hydrogens (tertiary/aromatic N) is 3. The molecular weight excluding hydrogens is 234 g/mol. The van der Waals surface area contributed by atoms with Crippen molar-refractivity contribution in [3.8, 4) is 0 Å². The smallest absolute Gasteiger partial charge is 0.233 e. The van der Waals surface area contributed by atoms with Crippen molar-refractivity contribution in [1.29, 1.82) is 0 Å². The summed E-state index contributed by atoms with van der Waals surface area (Å²) in [4.78, 5) is 6.70. The number of anilines is 2. The highest BCUT2D eigenvalue weighted by molar-refractivity contribution is 7.09. The zero-order valence-corrected chi connectivity index (χ0v) is 10.9. The molecule has 17 heavy (non-hydrogen) atoms. The molecule has 0 saturated carbocycles. The van der Waals surface area contributed by atoms with E-state index >= 15 is 0 Å². The Hall–Kier alpha value is -0.880. The van der Waals surface area contributed by atoms with E-state index in [1.165, 1.54) is 37.2 Å². The van der Waals surface area contributed by atoms with Gasteiger partial charge in [0.15, 0.2) is 0 Å². The van der Waals surface area contributed by atoms with Crippen molar-refractivity contribution < 1.29 is 0 Å². The van der Waals surface area contributed by atoms with Gasteiger partial charge in [-0.3, -0.25) is 0 Å². The number of rotatable bonds is 3. The Kier molecular flexibility index (Phi) is 2.92. The Morgan fingerprint density at radius 2 is 2.12 bits per heavy atom. The predicted molar refractivity (Wildman–Crippen MR) is 70.1 cm³/mol. The number of fused-ring (bicyclic) bond motifs is 2. The minimum Gasteiger partial charge on any atom is -0.367 e. The molecule has 2 aliphatic heterocycles. The van der Waals surface area contributed by atoms with Gasteiger partial charge in [-0.15, -0.1) is 0 Å². The third-order valence-corrected chi connectivity index (χ3v) is 4.87. The first-order valence-electron chi connectivity index (χ1n) is 6.27. The van der Waals surface area contributed by atoms with Crippen LogP contribution < -0.4 is 11.1 Å². The van der Waals surface area contributed by atoms with E-state index in [0.29, 0.717) is 5.95 Å². The maximum Gasteiger partial charge on any atom is 0.233 e. The summed E-state index contributed by atoms with van der Waals surface area (Å²) < 4.78 is 3.97. The fourth-order valence-corrected chi connectivity index (χ4v) is 3.73. The molecule has 5 nitrogen and oxygen atoms in total. The summed E-state index contributed by atoms with van der Waals surface area (Å²) in [7, 11) is 2.28. The highest BCUT2D eigenvalue weighted by Gasteiger charge is 2.38. The molecule has 0 aromatic carbocycles. The fourth-order valence-electron chi connectivity index (χ4n) is 3.23. The van der Waals surface area contributed by atoms with E-state index in [2.05, 4.69) is 26.6 Å². The SMILES string of the molecule is CN1C2CCC1CC(CNc1nc(N)ns1)C2. The normalized spacial score (nSPS) is 32.9. The lowest BCUT2D eigenvalue weighted by Crippen LogP contribution is -2.41. The average molecular weight is 253 g/mol. The number of hydrogen-bond donors (Lipinski definition) is 2. The van der Waals surface area contributed by atoms with Gasteiger partial charge in [-0.25, -0.2) is 0 Å². The molecule has 0 radical (unpaired) electrons. The number of aromatic nitrogens is 2. The Morgan fingerprint density at radius 3 is 2.71 bits per heavy atom. The van der Waals surface area contributed by atoms with E-state index in [1.807, 2.05) is 0 Å². The van der Waals surface area contributed by atoms with Gasteiger partial charge in [0.1, 0.15) is 0 Å². The summed E-state index contributed by atoms with van der Waals surface area (Å²) in [6.45, 7) is 1.01. The second-order valence-electron chi connectivity index (χ2n) is 5.23. The van der Waals surface area contributed by atoms with E-state index in [9.17, 15) is 0 Å². The van der Waals surface area contributed by atoms with Gasteiger partial charge in [0.05, 0.1) is 0 Å². The molecule has 0 amide bonds. The zero-order chi connectivity index (χ0) is 11.8. The Bertz CT molecular complexity index is 379. The molecule has 3 rings (SSSR count).